The van der Waals surface area contributed by atoms with Crippen molar-refractivity contribution in [1.82, 2.24) is 0 Å². The van der Waals surface area contributed by atoms with Crippen LogP contribution in [-0.2, 0) is 4.79 Å². The fraction of sp³-hybridized carbons (Fsp3) is 0.227. The zero-order valence-corrected chi connectivity index (χ0v) is 16.3. The number of hydrogen-bond acceptors (Lipinski definition) is 4. The Morgan fingerprint density at radius 1 is 1.18 bits per heavy atom. The first kappa shape index (κ1) is 19.4. The SMILES string of the molecule is COc1ccc2c(c1)C(C)=CC(C)(C)N2C(=O)C=Cc1ccc([N+](=O)[O-])cc1. The summed E-state index contributed by atoms with van der Waals surface area (Å²) in [4.78, 5) is 25.1. The highest BCUT2D eigenvalue weighted by atomic mass is 16.6. The van der Waals surface area contributed by atoms with E-state index >= 15 is 0 Å². The molecule has 2 aromatic rings. The van der Waals surface area contributed by atoms with E-state index < -0.39 is 10.5 Å². The molecule has 2 aromatic carbocycles. The number of hydrogen-bond donors (Lipinski definition) is 0. The highest BCUT2D eigenvalue weighted by molar-refractivity contribution is 6.08. The standard InChI is InChI=1S/C22H22N2O4/c1-15-14-22(2,3)23(20-11-10-18(28-4)13-19(15)20)21(25)12-7-16-5-8-17(9-6-16)24(26)27/h5-14H,1-4H3. The minimum atomic E-state index is -0.497. The number of fused-ring (bicyclic) bond motifs is 1. The lowest BCUT2D eigenvalue weighted by atomic mass is 9.88. The molecule has 1 heterocycles. The molecule has 0 spiro atoms. The zero-order valence-electron chi connectivity index (χ0n) is 16.3. The third kappa shape index (κ3) is 3.67. The molecule has 0 saturated heterocycles. The van der Waals surface area contributed by atoms with Crippen LogP contribution in [0.25, 0.3) is 11.6 Å². The van der Waals surface area contributed by atoms with E-state index in [1.165, 1.54) is 18.2 Å². The topological polar surface area (TPSA) is 72.7 Å². The monoisotopic (exact) mass is 378 g/mol. The number of carbonyl (C=O) groups excluding carboxylic acids is 1. The van der Waals surface area contributed by atoms with E-state index in [9.17, 15) is 14.9 Å². The number of allylic oxidation sites excluding steroid dienone is 1. The average Bonchev–Trinajstić information content (AvgIpc) is 2.65. The van der Waals surface area contributed by atoms with E-state index in [4.69, 9.17) is 4.74 Å². The number of methoxy groups -OCH3 is 1. The van der Waals surface area contributed by atoms with E-state index in [2.05, 4.69) is 6.08 Å². The molecule has 3 rings (SSSR count). The second kappa shape index (κ2) is 7.31. The normalized spacial score (nSPS) is 15.1. The Balaban J connectivity index is 1.93. The molecule has 144 valence electrons. The van der Waals surface area contributed by atoms with Crippen LogP contribution in [0.1, 0.15) is 31.9 Å². The van der Waals surface area contributed by atoms with Gasteiger partial charge in [-0.1, -0.05) is 6.08 Å². The highest BCUT2D eigenvalue weighted by Gasteiger charge is 2.34. The smallest absolute Gasteiger partial charge is 0.269 e. The third-order valence-corrected chi connectivity index (χ3v) is 4.76. The van der Waals surface area contributed by atoms with Crippen molar-refractivity contribution < 1.29 is 14.5 Å². The molecule has 0 fully saturated rings. The van der Waals surface area contributed by atoms with E-state index in [0.29, 0.717) is 0 Å². The van der Waals surface area contributed by atoms with Crippen LogP contribution in [0.4, 0.5) is 11.4 Å². The largest absolute Gasteiger partial charge is 0.497 e. The Morgan fingerprint density at radius 2 is 1.86 bits per heavy atom. The van der Waals surface area contributed by atoms with Gasteiger partial charge in [-0.15, -0.1) is 0 Å². The van der Waals surface area contributed by atoms with Gasteiger partial charge in [0.15, 0.2) is 0 Å². The first-order chi connectivity index (χ1) is 13.2. The van der Waals surface area contributed by atoms with Gasteiger partial charge in [0, 0.05) is 23.8 Å². The number of ether oxygens (including phenoxy) is 1. The van der Waals surface area contributed by atoms with Crippen molar-refractivity contribution in [2.75, 3.05) is 12.0 Å². The molecule has 0 radical (unpaired) electrons. The maximum absolute atomic E-state index is 13.1. The highest BCUT2D eigenvalue weighted by Crippen LogP contribution is 2.40. The number of rotatable bonds is 4. The number of amides is 1. The van der Waals surface area contributed by atoms with E-state index in [1.807, 2.05) is 39.0 Å². The van der Waals surface area contributed by atoms with E-state index in [-0.39, 0.29) is 11.6 Å². The molecule has 6 nitrogen and oxygen atoms in total. The van der Waals surface area contributed by atoms with Crippen molar-refractivity contribution in [3.63, 3.8) is 0 Å². The molecule has 1 aliphatic rings. The molecule has 0 bridgehead atoms. The summed E-state index contributed by atoms with van der Waals surface area (Å²) in [6.45, 7) is 6.00. The zero-order chi connectivity index (χ0) is 20.5. The summed E-state index contributed by atoms with van der Waals surface area (Å²) in [6.07, 6.45) is 5.22. The van der Waals surface area contributed by atoms with Gasteiger partial charge in [0.1, 0.15) is 5.75 Å². The predicted octanol–water partition coefficient (Wildman–Crippen LogP) is 4.85. The number of non-ortho nitro benzene ring substituents is 1. The maximum Gasteiger partial charge on any atom is 0.269 e. The number of nitrogens with zero attached hydrogens (tertiary/aromatic N) is 2. The lowest BCUT2D eigenvalue weighted by Crippen LogP contribution is -2.48. The fourth-order valence-electron chi connectivity index (χ4n) is 3.49. The van der Waals surface area contributed by atoms with Gasteiger partial charge in [-0.25, -0.2) is 0 Å². The van der Waals surface area contributed by atoms with Gasteiger partial charge in [0.05, 0.1) is 23.3 Å². The van der Waals surface area contributed by atoms with Crippen molar-refractivity contribution in [1.29, 1.82) is 0 Å². The van der Waals surface area contributed by atoms with Crippen LogP contribution < -0.4 is 9.64 Å². The van der Waals surface area contributed by atoms with Gasteiger partial charge in [-0.3, -0.25) is 19.8 Å². The van der Waals surface area contributed by atoms with Crippen molar-refractivity contribution in [3.05, 3.63) is 75.9 Å². The van der Waals surface area contributed by atoms with Crippen molar-refractivity contribution in [3.8, 4) is 5.75 Å². The van der Waals surface area contributed by atoms with Gasteiger partial charge < -0.3 is 4.74 Å². The summed E-state index contributed by atoms with van der Waals surface area (Å²) in [6, 6.07) is 11.7. The second-order valence-electron chi connectivity index (χ2n) is 7.22. The molecule has 6 heteroatoms. The minimum absolute atomic E-state index is 0.0177. The Kier molecular flexibility index (Phi) is 5.05. The molecule has 0 unspecified atom stereocenters. The van der Waals surface area contributed by atoms with Gasteiger partial charge in [0.25, 0.3) is 11.6 Å². The lowest BCUT2D eigenvalue weighted by Gasteiger charge is -2.41. The number of nitro benzene ring substituents is 1. The van der Waals surface area contributed by atoms with Crippen LogP contribution >= 0.6 is 0 Å². The molecule has 0 aliphatic carbocycles. The Morgan fingerprint density at radius 3 is 2.46 bits per heavy atom. The van der Waals surface area contributed by atoms with E-state index in [0.717, 1.165) is 28.1 Å². The molecule has 0 atom stereocenters. The number of benzene rings is 2. The maximum atomic E-state index is 13.1. The molecule has 1 amide bonds. The summed E-state index contributed by atoms with van der Waals surface area (Å²) < 4.78 is 5.32. The molecule has 0 aromatic heterocycles. The number of carbonyl (C=O) groups is 1. The Labute approximate surface area is 163 Å². The molecule has 0 saturated carbocycles. The summed E-state index contributed by atoms with van der Waals surface area (Å²) in [5.41, 5.74) is 3.10. The first-order valence-electron chi connectivity index (χ1n) is 8.87. The Bertz CT molecular complexity index is 988. The Hall–Kier alpha value is -3.41. The molecular weight excluding hydrogens is 356 g/mol. The summed E-state index contributed by atoms with van der Waals surface area (Å²) in [5.74, 6) is 0.568. The van der Waals surface area contributed by atoms with Crippen LogP contribution in [0.3, 0.4) is 0 Å². The molecule has 0 N–H and O–H groups in total. The van der Waals surface area contributed by atoms with Crippen LogP contribution in [0, 0.1) is 10.1 Å². The van der Waals surface area contributed by atoms with Crippen LogP contribution in [0.15, 0.2) is 54.6 Å². The van der Waals surface area contributed by atoms with Crippen molar-refractivity contribution in [2.45, 2.75) is 26.3 Å². The van der Waals surface area contributed by atoms with Crippen LogP contribution in [0.2, 0.25) is 0 Å². The number of nitro groups is 1. The quantitative estimate of drug-likeness (QED) is 0.433. The van der Waals surface area contributed by atoms with Gasteiger partial charge in [-0.05, 0) is 68.3 Å². The summed E-state index contributed by atoms with van der Waals surface area (Å²) in [5, 5.41) is 10.8. The number of anilines is 1. The average molecular weight is 378 g/mol. The molecule has 1 aliphatic heterocycles. The molecule has 28 heavy (non-hydrogen) atoms. The minimum Gasteiger partial charge on any atom is -0.497 e. The predicted molar refractivity (Wildman–Crippen MR) is 110 cm³/mol. The van der Waals surface area contributed by atoms with Gasteiger partial charge in [0.2, 0.25) is 0 Å². The summed E-state index contributed by atoms with van der Waals surface area (Å²) in [7, 11) is 1.61. The fourth-order valence-corrected chi connectivity index (χ4v) is 3.49. The van der Waals surface area contributed by atoms with Crippen molar-refractivity contribution >= 4 is 28.9 Å². The van der Waals surface area contributed by atoms with Crippen molar-refractivity contribution in [2.24, 2.45) is 0 Å². The van der Waals surface area contributed by atoms with Gasteiger partial charge in [-0.2, -0.15) is 0 Å². The third-order valence-electron chi connectivity index (χ3n) is 4.76. The van der Waals surface area contributed by atoms with Crippen LogP contribution in [-0.4, -0.2) is 23.5 Å². The molecular formula is C22H22N2O4. The van der Waals surface area contributed by atoms with Gasteiger partial charge >= 0.3 is 0 Å². The summed E-state index contributed by atoms with van der Waals surface area (Å²) >= 11 is 0. The lowest BCUT2D eigenvalue weighted by molar-refractivity contribution is -0.384. The van der Waals surface area contributed by atoms with E-state index in [1.54, 1.807) is 30.2 Å². The first-order valence-corrected chi connectivity index (χ1v) is 8.87. The van der Waals surface area contributed by atoms with Crippen LogP contribution in [0.5, 0.6) is 5.75 Å². The second-order valence-corrected chi connectivity index (χ2v) is 7.22.